The van der Waals surface area contributed by atoms with E-state index < -0.39 is 15.4 Å². The van der Waals surface area contributed by atoms with Gasteiger partial charge in [0.1, 0.15) is 5.54 Å². The molecule has 2 aliphatic heterocycles. The summed E-state index contributed by atoms with van der Waals surface area (Å²) in [6.07, 6.45) is 6.56. The maximum absolute atomic E-state index is 12.7. The summed E-state index contributed by atoms with van der Waals surface area (Å²) >= 11 is 0. The number of rotatable bonds is 4. The zero-order valence-corrected chi connectivity index (χ0v) is 17.1. The number of carbonyl (C=O) groups excluding carboxylic acids is 1. The van der Waals surface area contributed by atoms with Gasteiger partial charge >= 0.3 is 0 Å². The molecule has 0 aromatic carbocycles. The van der Waals surface area contributed by atoms with Gasteiger partial charge in [0.15, 0.2) is 9.84 Å². The van der Waals surface area contributed by atoms with Crippen LogP contribution in [0, 0.1) is 11.3 Å². The van der Waals surface area contributed by atoms with Crippen molar-refractivity contribution >= 4 is 15.7 Å². The van der Waals surface area contributed by atoms with Gasteiger partial charge in [0.05, 0.1) is 23.6 Å². The predicted octanol–water partition coefficient (Wildman–Crippen LogP) is 0.912. The van der Waals surface area contributed by atoms with Gasteiger partial charge in [-0.15, -0.1) is 0 Å². The van der Waals surface area contributed by atoms with E-state index in [1.165, 1.54) is 0 Å². The van der Waals surface area contributed by atoms with Gasteiger partial charge in [-0.3, -0.25) is 14.6 Å². The first-order chi connectivity index (χ1) is 12.8. The van der Waals surface area contributed by atoms with Crippen LogP contribution >= 0.6 is 0 Å². The number of piperidine rings is 1. The molecule has 152 valence electrons. The van der Waals surface area contributed by atoms with Crippen molar-refractivity contribution in [3.63, 3.8) is 0 Å². The van der Waals surface area contributed by atoms with Crippen LogP contribution in [0.5, 0.6) is 0 Å². The summed E-state index contributed by atoms with van der Waals surface area (Å²) in [4.78, 5) is 17.2. The van der Waals surface area contributed by atoms with Crippen LogP contribution in [0.3, 0.4) is 0 Å². The number of hydrogen-bond donors (Lipinski definition) is 1. The fraction of sp³-hybridized carbons (Fsp3) is 0.895. The van der Waals surface area contributed by atoms with Crippen molar-refractivity contribution in [3.8, 4) is 6.07 Å². The van der Waals surface area contributed by atoms with Gasteiger partial charge < -0.3 is 5.32 Å². The molecule has 3 aliphatic rings. The predicted molar refractivity (Wildman–Crippen MR) is 104 cm³/mol. The highest BCUT2D eigenvalue weighted by Crippen LogP contribution is 2.28. The number of nitriles is 1. The van der Waals surface area contributed by atoms with Gasteiger partial charge in [0.2, 0.25) is 5.91 Å². The van der Waals surface area contributed by atoms with E-state index >= 15 is 0 Å². The number of nitrogens with one attached hydrogen (secondary N) is 1. The molecule has 8 heteroatoms. The molecule has 0 unspecified atom stereocenters. The molecule has 0 aromatic rings. The van der Waals surface area contributed by atoms with E-state index in [1.807, 2.05) is 6.92 Å². The fourth-order valence-corrected chi connectivity index (χ4v) is 5.89. The Balaban J connectivity index is 1.48. The van der Waals surface area contributed by atoms with Crippen molar-refractivity contribution in [1.82, 2.24) is 15.1 Å². The number of sulfone groups is 1. The second-order valence-electron chi connectivity index (χ2n) is 8.37. The molecule has 1 saturated carbocycles. The first-order valence-electron chi connectivity index (χ1n) is 10.3. The maximum Gasteiger partial charge on any atom is 0.238 e. The molecule has 1 atom stereocenters. The van der Waals surface area contributed by atoms with E-state index in [0.717, 1.165) is 58.0 Å². The van der Waals surface area contributed by atoms with Crippen molar-refractivity contribution in [2.75, 3.05) is 37.7 Å². The third kappa shape index (κ3) is 5.01. The smallest absolute Gasteiger partial charge is 0.238 e. The zero-order valence-electron chi connectivity index (χ0n) is 16.3. The molecular weight excluding hydrogens is 364 g/mol. The van der Waals surface area contributed by atoms with Crippen LogP contribution < -0.4 is 5.32 Å². The van der Waals surface area contributed by atoms with Gasteiger partial charge in [-0.25, -0.2) is 8.42 Å². The minimum Gasteiger partial charge on any atom is -0.336 e. The third-order valence-corrected chi connectivity index (χ3v) is 8.21. The lowest BCUT2D eigenvalue weighted by Crippen LogP contribution is -2.57. The summed E-state index contributed by atoms with van der Waals surface area (Å²) < 4.78 is 23.2. The van der Waals surface area contributed by atoms with Crippen LogP contribution in [0.1, 0.15) is 51.9 Å². The van der Waals surface area contributed by atoms with Crippen LogP contribution in [0.4, 0.5) is 0 Å². The molecule has 1 aliphatic carbocycles. The molecule has 0 radical (unpaired) electrons. The summed E-state index contributed by atoms with van der Waals surface area (Å²) in [7, 11) is -2.84. The Hall–Kier alpha value is -1.17. The third-order valence-electron chi connectivity index (χ3n) is 6.61. The lowest BCUT2D eigenvalue weighted by molar-refractivity contribution is -0.128. The van der Waals surface area contributed by atoms with E-state index in [-0.39, 0.29) is 23.5 Å². The molecule has 0 bridgehead atoms. The summed E-state index contributed by atoms with van der Waals surface area (Å²) in [6, 6.07) is 2.53. The van der Waals surface area contributed by atoms with E-state index in [9.17, 15) is 18.5 Å². The number of amides is 1. The SMILES string of the molecule is C[C@@H](C(=O)NC1(C#N)CCCCC1)N1CCC(N2CCS(=O)(=O)CC2)CC1. The summed E-state index contributed by atoms with van der Waals surface area (Å²) in [6.45, 7) is 4.86. The van der Waals surface area contributed by atoms with Crippen LogP contribution in [-0.4, -0.2) is 79.4 Å². The van der Waals surface area contributed by atoms with Crippen LogP contribution in [0.15, 0.2) is 0 Å². The molecule has 1 amide bonds. The molecule has 2 saturated heterocycles. The second kappa shape index (κ2) is 8.46. The van der Waals surface area contributed by atoms with Crippen LogP contribution in [0.2, 0.25) is 0 Å². The zero-order chi connectivity index (χ0) is 19.5. The maximum atomic E-state index is 12.7. The highest BCUT2D eigenvalue weighted by atomic mass is 32.2. The van der Waals surface area contributed by atoms with E-state index in [4.69, 9.17) is 0 Å². The van der Waals surface area contributed by atoms with Crippen molar-refractivity contribution in [2.45, 2.75) is 69.5 Å². The molecule has 0 spiro atoms. The standard InChI is InChI=1S/C19H32N4O3S/c1-16(18(24)21-19(15-20)7-3-2-4-8-19)22-9-5-17(6-10-22)23-11-13-27(25,26)14-12-23/h16-17H,2-14H2,1H3,(H,21,24)/t16-/m0/s1. The Kier molecular flexibility index (Phi) is 6.44. The Labute approximate surface area is 163 Å². The minimum atomic E-state index is -2.84. The molecule has 0 aromatic heterocycles. The monoisotopic (exact) mass is 396 g/mol. The van der Waals surface area contributed by atoms with Crippen molar-refractivity contribution in [1.29, 1.82) is 5.26 Å². The van der Waals surface area contributed by atoms with Crippen LogP contribution in [0.25, 0.3) is 0 Å². The average molecular weight is 397 g/mol. The minimum absolute atomic E-state index is 0.0408. The number of hydrogen-bond acceptors (Lipinski definition) is 6. The normalized spacial score (nSPS) is 28.1. The molecule has 2 heterocycles. The Bertz CT molecular complexity index is 660. The molecule has 1 N–H and O–H groups in total. The number of carbonyl (C=O) groups is 1. The van der Waals surface area contributed by atoms with E-state index in [2.05, 4.69) is 21.2 Å². The lowest BCUT2D eigenvalue weighted by atomic mass is 9.82. The Morgan fingerprint density at radius 1 is 1.11 bits per heavy atom. The lowest BCUT2D eigenvalue weighted by Gasteiger charge is -2.42. The van der Waals surface area contributed by atoms with Crippen LogP contribution in [-0.2, 0) is 14.6 Å². The van der Waals surface area contributed by atoms with Crippen molar-refractivity contribution in [3.05, 3.63) is 0 Å². The Morgan fingerprint density at radius 2 is 1.70 bits per heavy atom. The number of nitrogens with zero attached hydrogens (tertiary/aromatic N) is 3. The first-order valence-corrected chi connectivity index (χ1v) is 12.1. The second-order valence-corrected chi connectivity index (χ2v) is 10.7. The van der Waals surface area contributed by atoms with Gasteiger partial charge in [0.25, 0.3) is 0 Å². The largest absolute Gasteiger partial charge is 0.336 e. The summed E-state index contributed by atoms with van der Waals surface area (Å²) in [5.74, 6) is 0.492. The molecule has 3 fully saturated rings. The van der Waals surface area contributed by atoms with E-state index in [0.29, 0.717) is 19.1 Å². The highest BCUT2D eigenvalue weighted by Gasteiger charge is 2.37. The molecule has 3 rings (SSSR count). The summed E-state index contributed by atoms with van der Waals surface area (Å²) in [5, 5.41) is 12.6. The van der Waals surface area contributed by atoms with Gasteiger partial charge in [-0.05, 0) is 32.6 Å². The van der Waals surface area contributed by atoms with Gasteiger partial charge in [-0.1, -0.05) is 19.3 Å². The van der Waals surface area contributed by atoms with Crippen molar-refractivity contribution < 1.29 is 13.2 Å². The quantitative estimate of drug-likeness (QED) is 0.759. The van der Waals surface area contributed by atoms with Crippen molar-refractivity contribution in [2.24, 2.45) is 0 Å². The number of likely N-dealkylation sites (tertiary alicyclic amines) is 1. The Morgan fingerprint density at radius 3 is 2.26 bits per heavy atom. The first kappa shape index (κ1) is 20.6. The molecular formula is C19H32N4O3S. The molecule has 27 heavy (non-hydrogen) atoms. The average Bonchev–Trinajstić information content (AvgIpc) is 2.68. The van der Waals surface area contributed by atoms with E-state index in [1.54, 1.807) is 0 Å². The molecule has 7 nitrogen and oxygen atoms in total. The fourth-order valence-electron chi connectivity index (χ4n) is 4.66. The van der Waals surface area contributed by atoms with Gasteiger partial charge in [0, 0.05) is 32.2 Å². The van der Waals surface area contributed by atoms with Gasteiger partial charge in [-0.2, -0.15) is 5.26 Å². The summed E-state index contributed by atoms with van der Waals surface area (Å²) in [5.41, 5.74) is -0.679. The highest BCUT2D eigenvalue weighted by molar-refractivity contribution is 7.91. The topological polar surface area (TPSA) is 93.5 Å².